The summed E-state index contributed by atoms with van der Waals surface area (Å²) in [7, 11) is 0. The molecule has 0 aliphatic heterocycles. The Morgan fingerprint density at radius 3 is 2.54 bits per heavy atom. The summed E-state index contributed by atoms with van der Waals surface area (Å²) in [6.07, 6.45) is -1.76. The van der Waals surface area contributed by atoms with Crippen LogP contribution >= 0.6 is 0 Å². The molecule has 1 rings (SSSR count). The van der Waals surface area contributed by atoms with Gasteiger partial charge in [0.15, 0.2) is 0 Å². The molecule has 1 unspecified atom stereocenters. The van der Waals surface area contributed by atoms with Crippen molar-refractivity contribution in [3.8, 4) is 0 Å². The third-order valence-electron chi connectivity index (χ3n) is 1.93. The lowest BCUT2D eigenvalue weighted by molar-refractivity contribution is -0.161. The predicted molar refractivity (Wildman–Crippen MR) is 43.6 cm³/mol. The molecule has 0 saturated heterocycles. The number of alkyl halides is 3. The normalized spacial score (nSPS) is 23.8. The molecule has 0 aromatic heterocycles. The van der Waals surface area contributed by atoms with Crippen molar-refractivity contribution in [1.29, 1.82) is 0 Å². The fourth-order valence-electron chi connectivity index (χ4n) is 1.27. The molecule has 0 aromatic rings. The molecule has 1 aliphatic rings. The van der Waals surface area contributed by atoms with Gasteiger partial charge in [-0.2, -0.15) is 13.2 Å². The second-order valence-corrected chi connectivity index (χ2v) is 3.03. The van der Waals surface area contributed by atoms with Gasteiger partial charge >= 0.3 is 6.18 Å². The third kappa shape index (κ3) is 2.48. The van der Waals surface area contributed by atoms with Crippen LogP contribution < -0.4 is 11.5 Å². The van der Waals surface area contributed by atoms with Crippen LogP contribution in [0.4, 0.5) is 13.2 Å². The molecule has 13 heavy (non-hydrogen) atoms. The molecule has 1 atom stereocenters. The van der Waals surface area contributed by atoms with E-state index in [2.05, 4.69) is 0 Å². The highest BCUT2D eigenvalue weighted by molar-refractivity contribution is 5.28. The molecule has 74 valence electrons. The second-order valence-electron chi connectivity index (χ2n) is 3.03. The molecule has 0 amide bonds. The minimum absolute atomic E-state index is 0.0688. The molecule has 0 radical (unpaired) electrons. The van der Waals surface area contributed by atoms with E-state index in [4.69, 9.17) is 11.5 Å². The zero-order chi connectivity index (χ0) is 10.1. The molecular weight excluding hydrogens is 181 g/mol. The van der Waals surface area contributed by atoms with E-state index in [-0.39, 0.29) is 18.7 Å². The minimum atomic E-state index is -4.22. The minimum Gasteiger partial charge on any atom is -0.399 e. The molecule has 1 aliphatic carbocycles. The maximum atomic E-state index is 12.3. The summed E-state index contributed by atoms with van der Waals surface area (Å²) in [5.74, 6) is -1.48. The number of hydrogen-bond acceptors (Lipinski definition) is 2. The molecule has 0 bridgehead atoms. The molecule has 5 heteroatoms. The lowest BCUT2D eigenvalue weighted by Crippen LogP contribution is -2.26. The highest BCUT2D eigenvalue weighted by atomic mass is 19.4. The van der Waals surface area contributed by atoms with Crippen LogP contribution in [-0.2, 0) is 0 Å². The van der Waals surface area contributed by atoms with Crippen LogP contribution in [0.5, 0.6) is 0 Å². The summed E-state index contributed by atoms with van der Waals surface area (Å²) in [6.45, 7) is 0.126. The van der Waals surface area contributed by atoms with E-state index in [1.54, 1.807) is 0 Å². The number of rotatable bonds is 1. The van der Waals surface area contributed by atoms with E-state index in [1.165, 1.54) is 6.08 Å². The van der Waals surface area contributed by atoms with Gasteiger partial charge in [-0.3, -0.25) is 0 Å². The average Bonchev–Trinajstić information content (AvgIpc) is 2.01. The Morgan fingerprint density at radius 2 is 2.08 bits per heavy atom. The van der Waals surface area contributed by atoms with E-state index in [0.29, 0.717) is 5.57 Å². The van der Waals surface area contributed by atoms with Crippen molar-refractivity contribution in [1.82, 2.24) is 0 Å². The van der Waals surface area contributed by atoms with Gasteiger partial charge in [-0.25, -0.2) is 0 Å². The third-order valence-corrected chi connectivity index (χ3v) is 1.93. The monoisotopic (exact) mass is 192 g/mol. The molecule has 0 spiro atoms. The Kier molecular flexibility index (Phi) is 2.66. The van der Waals surface area contributed by atoms with Crippen molar-refractivity contribution >= 4 is 0 Å². The van der Waals surface area contributed by atoms with E-state index in [1.807, 2.05) is 0 Å². The number of allylic oxidation sites excluding steroid dienone is 2. The first-order chi connectivity index (χ1) is 5.93. The van der Waals surface area contributed by atoms with Crippen LogP contribution in [0.3, 0.4) is 0 Å². The van der Waals surface area contributed by atoms with Gasteiger partial charge < -0.3 is 11.5 Å². The van der Waals surface area contributed by atoms with Crippen molar-refractivity contribution in [3.63, 3.8) is 0 Å². The van der Waals surface area contributed by atoms with Gasteiger partial charge in [0, 0.05) is 12.2 Å². The van der Waals surface area contributed by atoms with Crippen LogP contribution in [-0.4, -0.2) is 12.7 Å². The molecular formula is C8H11F3N2. The highest BCUT2D eigenvalue weighted by Gasteiger charge is 2.39. The Balaban J connectivity index is 2.81. The first-order valence-electron chi connectivity index (χ1n) is 3.87. The fourth-order valence-corrected chi connectivity index (χ4v) is 1.27. The quantitative estimate of drug-likeness (QED) is 0.657. The first kappa shape index (κ1) is 10.1. The zero-order valence-corrected chi connectivity index (χ0v) is 6.93. The van der Waals surface area contributed by atoms with Crippen molar-refractivity contribution in [2.75, 3.05) is 6.54 Å². The molecule has 2 nitrogen and oxygen atoms in total. The molecule has 0 fully saturated rings. The molecule has 0 heterocycles. The summed E-state index contributed by atoms with van der Waals surface area (Å²) in [5, 5.41) is 0. The van der Waals surface area contributed by atoms with Gasteiger partial charge in [0.25, 0.3) is 0 Å². The van der Waals surface area contributed by atoms with E-state index >= 15 is 0 Å². The van der Waals surface area contributed by atoms with Gasteiger partial charge in [-0.15, -0.1) is 0 Å². The predicted octanol–water partition coefficient (Wildman–Crippen LogP) is 1.30. The topological polar surface area (TPSA) is 52.0 Å². The Bertz CT molecular complexity index is 253. The van der Waals surface area contributed by atoms with E-state index in [9.17, 15) is 13.2 Å². The first-order valence-corrected chi connectivity index (χ1v) is 3.87. The van der Waals surface area contributed by atoms with Gasteiger partial charge in [-0.1, -0.05) is 5.57 Å². The smallest absolute Gasteiger partial charge is 0.395 e. The fraction of sp³-hybridized carbons (Fsp3) is 0.500. The molecule has 0 saturated carbocycles. The van der Waals surface area contributed by atoms with Crippen molar-refractivity contribution in [2.24, 2.45) is 17.4 Å². The van der Waals surface area contributed by atoms with Gasteiger partial charge in [0.2, 0.25) is 0 Å². The lowest BCUT2D eigenvalue weighted by atomic mass is 9.92. The second kappa shape index (κ2) is 3.41. The SMILES string of the molecule is NCC1=CC(N)=CC(C(F)(F)F)C1. The van der Waals surface area contributed by atoms with Crippen LogP contribution in [0.15, 0.2) is 23.4 Å². The highest BCUT2D eigenvalue weighted by Crippen LogP contribution is 2.34. The van der Waals surface area contributed by atoms with E-state index in [0.717, 1.165) is 6.08 Å². The summed E-state index contributed by atoms with van der Waals surface area (Å²) < 4.78 is 36.8. The van der Waals surface area contributed by atoms with E-state index < -0.39 is 12.1 Å². The Hall–Kier alpha value is -0.970. The van der Waals surface area contributed by atoms with Gasteiger partial charge in [0.1, 0.15) is 0 Å². The van der Waals surface area contributed by atoms with Crippen molar-refractivity contribution in [2.45, 2.75) is 12.6 Å². The summed E-state index contributed by atoms with van der Waals surface area (Å²) in [4.78, 5) is 0. The van der Waals surface area contributed by atoms with Crippen LogP contribution in [0.1, 0.15) is 6.42 Å². The van der Waals surface area contributed by atoms with Crippen molar-refractivity contribution < 1.29 is 13.2 Å². The average molecular weight is 192 g/mol. The van der Waals surface area contributed by atoms with Crippen LogP contribution in [0.2, 0.25) is 0 Å². The lowest BCUT2D eigenvalue weighted by Gasteiger charge is -2.21. The van der Waals surface area contributed by atoms with Gasteiger partial charge in [-0.05, 0) is 18.6 Å². The maximum Gasteiger partial charge on any atom is 0.395 e. The summed E-state index contributed by atoms with van der Waals surface area (Å²) >= 11 is 0. The van der Waals surface area contributed by atoms with Crippen LogP contribution in [0, 0.1) is 5.92 Å². The van der Waals surface area contributed by atoms with Crippen molar-refractivity contribution in [3.05, 3.63) is 23.4 Å². The molecule has 4 N–H and O–H groups in total. The Morgan fingerprint density at radius 1 is 1.46 bits per heavy atom. The summed E-state index contributed by atoms with van der Waals surface area (Å²) in [5.41, 5.74) is 11.3. The number of halogens is 3. The molecule has 0 aromatic carbocycles. The maximum absolute atomic E-state index is 12.3. The number of hydrogen-bond donors (Lipinski definition) is 2. The largest absolute Gasteiger partial charge is 0.399 e. The zero-order valence-electron chi connectivity index (χ0n) is 6.93. The van der Waals surface area contributed by atoms with Crippen LogP contribution in [0.25, 0.3) is 0 Å². The standard InChI is InChI=1S/C8H11F3N2/c9-8(10,11)6-1-5(4-12)2-7(13)3-6/h2-3,6H,1,4,12-13H2. The number of nitrogens with two attached hydrogens (primary N) is 2. The summed E-state index contributed by atoms with van der Waals surface area (Å²) in [6, 6.07) is 0. The Labute approximate surface area is 74.1 Å². The van der Waals surface area contributed by atoms with Gasteiger partial charge in [0.05, 0.1) is 5.92 Å².